The van der Waals surface area contributed by atoms with E-state index in [0.717, 1.165) is 23.3 Å². The first-order valence-corrected chi connectivity index (χ1v) is 8.33. The van der Waals surface area contributed by atoms with Gasteiger partial charge in [0, 0.05) is 0 Å². The van der Waals surface area contributed by atoms with E-state index in [1.807, 2.05) is 66.8 Å². The van der Waals surface area contributed by atoms with Gasteiger partial charge in [0.15, 0.2) is 0 Å². The van der Waals surface area contributed by atoms with Crippen molar-refractivity contribution in [2.24, 2.45) is 0 Å². The molecule has 0 saturated heterocycles. The molecular formula is C21H24O4. The number of ether oxygens (including phenoxy) is 2. The molecule has 0 spiro atoms. The van der Waals surface area contributed by atoms with E-state index in [9.17, 15) is 5.11 Å². The Bertz CT molecular complexity index is 672. The van der Waals surface area contributed by atoms with Crippen LogP contribution in [0.25, 0.3) is 12.2 Å². The van der Waals surface area contributed by atoms with Crippen molar-refractivity contribution in [2.75, 3.05) is 13.2 Å². The molecule has 0 aromatic heterocycles. The summed E-state index contributed by atoms with van der Waals surface area (Å²) in [5, 5.41) is 18.0. The van der Waals surface area contributed by atoms with Gasteiger partial charge in [-0.15, -0.1) is 0 Å². The largest absolute Gasteiger partial charge is 0.491 e. The summed E-state index contributed by atoms with van der Waals surface area (Å²) >= 11 is 0. The standard InChI is InChI=1S/C21H24O4/c1-2-3-14-24-20-10-6-17(7-11-20)4-5-18-8-12-21(13-9-18)25-16-19(23)15-22/h3-14,19,22-23H,2,15-16H2,1H3/b5-4-,14-3+. The van der Waals surface area contributed by atoms with Crippen molar-refractivity contribution in [3.05, 3.63) is 72.0 Å². The van der Waals surface area contributed by atoms with Gasteiger partial charge in [0.25, 0.3) is 0 Å². The molecule has 1 unspecified atom stereocenters. The molecule has 0 aliphatic rings. The first kappa shape index (κ1) is 18.8. The minimum absolute atomic E-state index is 0.0769. The Hall–Kier alpha value is -2.56. The smallest absolute Gasteiger partial charge is 0.126 e. The van der Waals surface area contributed by atoms with Crippen LogP contribution in [-0.2, 0) is 0 Å². The predicted molar refractivity (Wildman–Crippen MR) is 100 cm³/mol. The lowest BCUT2D eigenvalue weighted by Gasteiger charge is -2.09. The normalized spacial score (nSPS) is 12.6. The highest BCUT2D eigenvalue weighted by Gasteiger charge is 2.02. The summed E-state index contributed by atoms with van der Waals surface area (Å²) in [5.74, 6) is 1.47. The summed E-state index contributed by atoms with van der Waals surface area (Å²) in [6.07, 6.45) is 7.80. The van der Waals surface area contributed by atoms with Gasteiger partial charge in [0.05, 0.1) is 12.9 Å². The van der Waals surface area contributed by atoms with Crippen LogP contribution >= 0.6 is 0 Å². The van der Waals surface area contributed by atoms with E-state index in [1.54, 1.807) is 6.26 Å². The predicted octanol–water partition coefficient (Wildman–Crippen LogP) is 3.89. The van der Waals surface area contributed by atoms with E-state index in [-0.39, 0.29) is 13.2 Å². The molecule has 0 saturated carbocycles. The summed E-state index contributed by atoms with van der Waals surface area (Å²) in [6.45, 7) is 1.83. The lowest BCUT2D eigenvalue weighted by molar-refractivity contribution is 0.0536. The van der Waals surface area contributed by atoms with E-state index in [0.29, 0.717) is 5.75 Å². The highest BCUT2D eigenvalue weighted by atomic mass is 16.5. The molecular weight excluding hydrogens is 316 g/mol. The van der Waals surface area contributed by atoms with Gasteiger partial charge in [0.2, 0.25) is 0 Å². The van der Waals surface area contributed by atoms with Gasteiger partial charge >= 0.3 is 0 Å². The minimum atomic E-state index is -0.857. The Balaban J connectivity index is 1.89. The van der Waals surface area contributed by atoms with Gasteiger partial charge in [-0.3, -0.25) is 0 Å². The van der Waals surface area contributed by atoms with E-state index in [4.69, 9.17) is 14.6 Å². The number of rotatable bonds is 9. The molecule has 2 aromatic rings. The van der Waals surface area contributed by atoms with Crippen LogP contribution in [0.3, 0.4) is 0 Å². The summed E-state index contributed by atoms with van der Waals surface area (Å²) in [4.78, 5) is 0. The lowest BCUT2D eigenvalue weighted by Crippen LogP contribution is -2.21. The first-order chi connectivity index (χ1) is 12.2. The molecule has 2 aromatic carbocycles. The second kappa shape index (κ2) is 10.3. The number of aliphatic hydroxyl groups excluding tert-OH is 2. The van der Waals surface area contributed by atoms with E-state index in [1.165, 1.54) is 0 Å². The second-order valence-electron chi connectivity index (χ2n) is 5.52. The van der Waals surface area contributed by atoms with Crippen molar-refractivity contribution < 1.29 is 19.7 Å². The average Bonchev–Trinajstić information content (AvgIpc) is 2.66. The molecule has 0 heterocycles. The number of allylic oxidation sites excluding steroid dienone is 1. The maximum absolute atomic E-state index is 9.27. The Kier molecular flexibility index (Phi) is 7.76. The number of benzene rings is 2. The highest BCUT2D eigenvalue weighted by molar-refractivity contribution is 5.70. The maximum Gasteiger partial charge on any atom is 0.126 e. The van der Waals surface area contributed by atoms with Crippen molar-refractivity contribution in [3.63, 3.8) is 0 Å². The van der Waals surface area contributed by atoms with Crippen LogP contribution in [0.5, 0.6) is 11.5 Å². The molecule has 0 radical (unpaired) electrons. The van der Waals surface area contributed by atoms with Crippen molar-refractivity contribution in [1.82, 2.24) is 0 Å². The topological polar surface area (TPSA) is 58.9 Å². The van der Waals surface area contributed by atoms with Gasteiger partial charge in [-0.1, -0.05) is 43.3 Å². The summed E-state index contributed by atoms with van der Waals surface area (Å²) in [5.41, 5.74) is 2.12. The van der Waals surface area contributed by atoms with Gasteiger partial charge in [-0.25, -0.2) is 0 Å². The monoisotopic (exact) mass is 340 g/mol. The third kappa shape index (κ3) is 6.83. The van der Waals surface area contributed by atoms with Crippen molar-refractivity contribution in [3.8, 4) is 11.5 Å². The third-order valence-corrected chi connectivity index (χ3v) is 3.42. The summed E-state index contributed by atoms with van der Waals surface area (Å²) < 4.78 is 10.8. The Morgan fingerprint density at radius 2 is 1.48 bits per heavy atom. The van der Waals surface area contributed by atoms with Crippen molar-refractivity contribution >= 4 is 12.2 Å². The molecule has 0 aliphatic heterocycles. The Morgan fingerprint density at radius 3 is 2.00 bits per heavy atom. The van der Waals surface area contributed by atoms with Crippen molar-refractivity contribution in [1.29, 1.82) is 0 Å². The van der Waals surface area contributed by atoms with E-state index < -0.39 is 6.10 Å². The summed E-state index contributed by atoms with van der Waals surface area (Å²) in [7, 11) is 0. The highest BCUT2D eigenvalue weighted by Crippen LogP contribution is 2.17. The zero-order valence-electron chi connectivity index (χ0n) is 14.3. The van der Waals surface area contributed by atoms with Crippen LogP contribution in [0, 0.1) is 0 Å². The zero-order chi connectivity index (χ0) is 17.9. The number of hydrogen-bond donors (Lipinski definition) is 2. The number of hydrogen-bond acceptors (Lipinski definition) is 4. The van der Waals surface area contributed by atoms with Gasteiger partial charge in [0.1, 0.15) is 24.2 Å². The summed E-state index contributed by atoms with van der Waals surface area (Å²) in [6, 6.07) is 15.4. The SMILES string of the molecule is CC/C=C/Oc1ccc(/C=C\c2ccc(OCC(O)CO)cc2)cc1. The zero-order valence-corrected chi connectivity index (χ0v) is 14.3. The van der Waals surface area contributed by atoms with Gasteiger partial charge < -0.3 is 19.7 Å². The number of aliphatic hydroxyl groups is 2. The van der Waals surface area contributed by atoms with Gasteiger partial charge in [-0.05, 0) is 47.9 Å². The Labute approximate surface area is 148 Å². The quantitative estimate of drug-likeness (QED) is 0.537. The molecule has 132 valence electrons. The van der Waals surface area contributed by atoms with Gasteiger partial charge in [-0.2, -0.15) is 0 Å². The maximum atomic E-state index is 9.27. The van der Waals surface area contributed by atoms with Crippen LogP contribution in [0.4, 0.5) is 0 Å². The molecule has 0 bridgehead atoms. The Morgan fingerprint density at radius 1 is 0.920 bits per heavy atom. The molecule has 0 aliphatic carbocycles. The fourth-order valence-electron chi connectivity index (χ4n) is 1.99. The molecule has 2 rings (SSSR count). The van der Waals surface area contributed by atoms with Crippen molar-refractivity contribution in [2.45, 2.75) is 19.4 Å². The molecule has 4 nitrogen and oxygen atoms in total. The first-order valence-electron chi connectivity index (χ1n) is 8.33. The molecule has 0 amide bonds. The third-order valence-electron chi connectivity index (χ3n) is 3.42. The fourth-order valence-corrected chi connectivity index (χ4v) is 1.99. The molecule has 1 atom stereocenters. The van der Waals surface area contributed by atoms with Crippen LogP contribution in [0.2, 0.25) is 0 Å². The average molecular weight is 340 g/mol. The lowest BCUT2D eigenvalue weighted by atomic mass is 10.1. The van der Waals surface area contributed by atoms with Crippen LogP contribution in [0.15, 0.2) is 60.9 Å². The van der Waals surface area contributed by atoms with Crippen LogP contribution in [0.1, 0.15) is 24.5 Å². The fraction of sp³-hybridized carbons (Fsp3) is 0.238. The van der Waals surface area contributed by atoms with Crippen LogP contribution in [-0.4, -0.2) is 29.5 Å². The molecule has 25 heavy (non-hydrogen) atoms. The second-order valence-corrected chi connectivity index (χ2v) is 5.52. The minimum Gasteiger partial charge on any atom is -0.491 e. The molecule has 0 fully saturated rings. The van der Waals surface area contributed by atoms with E-state index in [2.05, 4.69) is 6.92 Å². The molecule has 4 heteroatoms. The van der Waals surface area contributed by atoms with Crippen LogP contribution < -0.4 is 9.47 Å². The molecule has 2 N–H and O–H groups in total. The van der Waals surface area contributed by atoms with E-state index >= 15 is 0 Å².